The molecule has 1 amide bonds. The van der Waals surface area contributed by atoms with Crippen molar-refractivity contribution in [3.8, 4) is 11.5 Å². The number of hydrogen-bond donors (Lipinski definition) is 2. The normalized spacial score (nSPS) is 16.1. The molecule has 1 aliphatic heterocycles. The molecule has 0 aliphatic carbocycles. The molecule has 1 aromatic carbocycles. The molecule has 0 saturated carbocycles. The van der Waals surface area contributed by atoms with Crippen LogP contribution < -0.4 is 20.5 Å². The third kappa shape index (κ3) is 4.99. The van der Waals surface area contributed by atoms with Crippen molar-refractivity contribution in [2.24, 2.45) is 5.73 Å². The first-order valence-corrected chi connectivity index (χ1v) is 7.53. The summed E-state index contributed by atoms with van der Waals surface area (Å²) < 4.78 is 16.0. The Bertz CT molecular complexity index is 519. The molecule has 2 rings (SSSR count). The Morgan fingerprint density at radius 1 is 1.35 bits per heavy atom. The van der Waals surface area contributed by atoms with Crippen LogP contribution in [-0.4, -0.2) is 38.4 Å². The maximum atomic E-state index is 12.3. The van der Waals surface area contributed by atoms with Crippen LogP contribution in [0.15, 0.2) is 18.2 Å². The van der Waals surface area contributed by atoms with Crippen LogP contribution in [0.2, 0.25) is 0 Å². The summed E-state index contributed by atoms with van der Waals surface area (Å²) in [6.45, 7) is 3.95. The predicted octanol–water partition coefficient (Wildman–Crippen LogP) is 1.64. The van der Waals surface area contributed by atoms with Crippen LogP contribution in [0.5, 0.6) is 11.5 Å². The summed E-state index contributed by atoms with van der Waals surface area (Å²) in [7, 11) is 1.59. The highest BCUT2D eigenvalue weighted by atomic mass is 35.5. The highest BCUT2D eigenvalue weighted by Crippen LogP contribution is 2.28. The topological polar surface area (TPSA) is 82.8 Å². The zero-order valence-electron chi connectivity index (χ0n) is 13.6. The fourth-order valence-corrected chi connectivity index (χ4v) is 2.42. The lowest BCUT2D eigenvalue weighted by Crippen LogP contribution is -2.56. The van der Waals surface area contributed by atoms with Crippen LogP contribution in [0.3, 0.4) is 0 Å². The van der Waals surface area contributed by atoms with Crippen molar-refractivity contribution in [2.45, 2.75) is 31.8 Å². The minimum absolute atomic E-state index is 0. The van der Waals surface area contributed by atoms with E-state index in [1.54, 1.807) is 7.11 Å². The number of carbonyl (C=O) groups is 1. The smallest absolute Gasteiger partial charge is 0.240 e. The fraction of sp³-hybridized carbons (Fsp3) is 0.562. The molecule has 6 nitrogen and oxygen atoms in total. The second-order valence-corrected chi connectivity index (χ2v) is 5.37. The van der Waals surface area contributed by atoms with Gasteiger partial charge in [0, 0.05) is 19.8 Å². The lowest BCUT2D eigenvalue weighted by Gasteiger charge is -2.31. The van der Waals surface area contributed by atoms with Crippen molar-refractivity contribution < 1.29 is 19.0 Å². The molecule has 1 fully saturated rings. The van der Waals surface area contributed by atoms with Crippen molar-refractivity contribution in [1.82, 2.24) is 5.32 Å². The SMILES string of the molecule is CCOc1ccc(CNC(=O)C2(N)CCOCC2)cc1OC.Cl. The average Bonchev–Trinajstić information content (AvgIpc) is 2.54. The number of nitrogens with one attached hydrogen (secondary N) is 1. The van der Waals surface area contributed by atoms with Crippen molar-refractivity contribution in [3.63, 3.8) is 0 Å². The fourth-order valence-electron chi connectivity index (χ4n) is 2.42. The number of methoxy groups -OCH3 is 1. The molecule has 3 N–H and O–H groups in total. The van der Waals surface area contributed by atoms with Crippen molar-refractivity contribution in [2.75, 3.05) is 26.9 Å². The standard InChI is InChI=1S/C16H24N2O4.ClH/c1-3-22-13-5-4-12(10-14(13)20-2)11-18-15(19)16(17)6-8-21-9-7-16;/h4-5,10H,3,6-9,11,17H2,1-2H3,(H,18,19);1H. The summed E-state index contributed by atoms with van der Waals surface area (Å²) in [5, 5.41) is 2.90. The molecule has 0 radical (unpaired) electrons. The summed E-state index contributed by atoms with van der Waals surface area (Å²) in [4.78, 5) is 12.3. The highest BCUT2D eigenvalue weighted by molar-refractivity contribution is 5.86. The molecule has 0 atom stereocenters. The molecule has 1 saturated heterocycles. The van der Waals surface area contributed by atoms with Crippen LogP contribution in [0.4, 0.5) is 0 Å². The molecule has 0 spiro atoms. The van der Waals surface area contributed by atoms with E-state index in [1.165, 1.54) is 0 Å². The van der Waals surface area contributed by atoms with Gasteiger partial charge in [0.25, 0.3) is 0 Å². The summed E-state index contributed by atoms with van der Waals surface area (Å²) in [5.41, 5.74) is 6.26. The minimum Gasteiger partial charge on any atom is -0.493 e. The molecule has 0 aromatic heterocycles. The Morgan fingerprint density at radius 2 is 2.04 bits per heavy atom. The van der Waals surface area contributed by atoms with Gasteiger partial charge in [-0.2, -0.15) is 0 Å². The van der Waals surface area contributed by atoms with Crippen LogP contribution in [0.1, 0.15) is 25.3 Å². The largest absolute Gasteiger partial charge is 0.493 e. The van der Waals surface area contributed by atoms with E-state index in [9.17, 15) is 4.79 Å². The number of rotatable bonds is 6. The number of benzene rings is 1. The maximum Gasteiger partial charge on any atom is 0.240 e. The number of nitrogens with two attached hydrogens (primary N) is 1. The summed E-state index contributed by atoms with van der Waals surface area (Å²) in [6, 6.07) is 5.61. The zero-order valence-corrected chi connectivity index (χ0v) is 14.4. The summed E-state index contributed by atoms with van der Waals surface area (Å²) >= 11 is 0. The van der Waals surface area contributed by atoms with Gasteiger partial charge in [-0.05, 0) is 37.5 Å². The number of hydrogen-bond acceptors (Lipinski definition) is 5. The van der Waals surface area contributed by atoms with Gasteiger partial charge in [0.2, 0.25) is 5.91 Å². The molecule has 0 unspecified atom stereocenters. The van der Waals surface area contributed by atoms with Crippen molar-refractivity contribution >= 4 is 18.3 Å². The van der Waals surface area contributed by atoms with Gasteiger partial charge in [0.1, 0.15) is 0 Å². The first-order valence-electron chi connectivity index (χ1n) is 7.53. The van der Waals surface area contributed by atoms with E-state index in [1.807, 2.05) is 25.1 Å². The Hall–Kier alpha value is -1.50. The molecule has 1 aromatic rings. The van der Waals surface area contributed by atoms with E-state index in [4.69, 9.17) is 19.9 Å². The average molecular weight is 345 g/mol. The third-order valence-electron chi connectivity index (χ3n) is 3.82. The van der Waals surface area contributed by atoms with Crippen LogP contribution >= 0.6 is 12.4 Å². The molecule has 23 heavy (non-hydrogen) atoms. The second-order valence-electron chi connectivity index (χ2n) is 5.37. The van der Waals surface area contributed by atoms with E-state index in [2.05, 4.69) is 5.32 Å². The third-order valence-corrected chi connectivity index (χ3v) is 3.82. The first-order chi connectivity index (χ1) is 10.6. The van der Waals surface area contributed by atoms with E-state index in [0.29, 0.717) is 50.7 Å². The Morgan fingerprint density at radius 3 is 2.65 bits per heavy atom. The van der Waals surface area contributed by atoms with Gasteiger partial charge in [0.15, 0.2) is 11.5 Å². The Kier molecular flexibility index (Phi) is 7.61. The molecule has 7 heteroatoms. The van der Waals surface area contributed by atoms with E-state index >= 15 is 0 Å². The predicted molar refractivity (Wildman–Crippen MR) is 90.2 cm³/mol. The van der Waals surface area contributed by atoms with Crippen molar-refractivity contribution in [1.29, 1.82) is 0 Å². The number of amides is 1. The Balaban J connectivity index is 0.00000264. The molecule has 1 aliphatic rings. The van der Waals surface area contributed by atoms with Gasteiger partial charge >= 0.3 is 0 Å². The maximum absolute atomic E-state index is 12.3. The minimum atomic E-state index is -0.826. The van der Waals surface area contributed by atoms with Crippen LogP contribution in [0, 0.1) is 0 Å². The Labute approximate surface area is 143 Å². The lowest BCUT2D eigenvalue weighted by atomic mass is 9.90. The van der Waals surface area contributed by atoms with Gasteiger partial charge in [-0.3, -0.25) is 4.79 Å². The van der Waals surface area contributed by atoms with E-state index in [0.717, 1.165) is 5.56 Å². The molecular weight excluding hydrogens is 320 g/mol. The number of halogens is 1. The molecule has 130 valence electrons. The summed E-state index contributed by atoms with van der Waals surface area (Å²) in [5.74, 6) is 1.21. The van der Waals surface area contributed by atoms with Crippen LogP contribution in [-0.2, 0) is 16.1 Å². The highest BCUT2D eigenvalue weighted by Gasteiger charge is 2.35. The molecule has 1 heterocycles. The monoisotopic (exact) mass is 344 g/mol. The van der Waals surface area contributed by atoms with Gasteiger partial charge in [-0.1, -0.05) is 6.07 Å². The second kappa shape index (κ2) is 8.96. The molecule has 0 bridgehead atoms. The van der Waals surface area contributed by atoms with E-state index in [-0.39, 0.29) is 18.3 Å². The van der Waals surface area contributed by atoms with Gasteiger partial charge < -0.3 is 25.3 Å². The first kappa shape index (κ1) is 19.5. The van der Waals surface area contributed by atoms with Gasteiger partial charge in [-0.15, -0.1) is 12.4 Å². The van der Waals surface area contributed by atoms with E-state index < -0.39 is 5.54 Å². The number of carbonyl (C=O) groups excluding carboxylic acids is 1. The van der Waals surface area contributed by atoms with Crippen LogP contribution in [0.25, 0.3) is 0 Å². The quantitative estimate of drug-likeness (QED) is 0.819. The number of ether oxygens (including phenoxy) is 3. The van der Waals surface area contributed by atoms with Crippen molar-refractivity contribution in [3.05, 3.63) is 23.8 Å². The lowest BCUT2D eigenvalue weighted by molar-refractivity contribution is -0.129. The molecular formula is C16H25ClN2O4. The van der Waals surface area contributed by atoms with Gasteiger partial charge in [0.05, 0.1) is 19.3 Å². The zero-order chi connectivity index (χ0) is 16.0. The summed E-state index contributed by atoms with van der Waals surface area (Å²) in [6.07, 6.45) is 1.09. The van der Waals surface area contributed by atoms with Gasteiger partial charge in [-0.25, -0.2) is 0 Å².